The third-order valence-electron chi connectivity index (χ3n) is 2.99. The zero-order chi connectivity index (χ0) is 13.8. The van der Waals surface area contributed by atoms with E-state index in [1.54, 1.807) is 0 Å². The highest BCUT2D eigenvalue weighted by Crippen LogP contribution is 2.36. The number of alkyl halides is 2. The van der Waals surface area contributed by atoms with E-state index in [2.05, 4.69) is 29.8 Å². The summed E-state index contributed by atoms with van der Waals surface area (Å²) in [6.45, 7) is 4.38. The van der Waals surface area contributed by atoms with Crippen LogP contribution in [-0.4, -0.2) is 11.8 Å². The van der Waals surface area contributed by atoms with Crippen molar-refractivity contribution in [3.8, 4) is 0 Å². The normalized spacial score (nSPS) is 12.2. The zero-order valence-electron chi connectivity index (χ0n) is 10.6. The zero-order valence-corrected chi connectivity index (χ0v) is 14.5. The van der Waals surface area contributed by atoms with Gasteiger partial charge < -0.3 is 0 Å². The average molecular weight is 373 g/mol. The van der Waals surface area contributed by atoms with E-state index < -0.39 is 0 Å². The smallest absolute Gasteiger partial charge is 0.0449 e. The SMILES string of the molecule is CC(C)CC(CCl)(CCl)Cc1ccc(Br)cc1Cl. The molecule has 0 aromatic heterocycles. The van der Waals surface area contributed by atoms with Crippen LogP contribution in [0, 0.1) is 11.3 Å². The predicted molar refractivity (Wildman–Crippen MR) is 86.2 cm³/mol. The maximum atomic E-state index is 6.27. The van der Waals surface area contributed by atoms with E-state index in [1.165, 1.54) is 0 Å². The third kappa shape index (κ3) is 4.59. The second-order valence-corrected chi connectivity index (χ2v) is 7.14. The molecular weight excluding hydrogens is 354 g/mol. The van der Waals surface area contributed by atoms with E-state index in [9.17, 15) is 0 Å². The van der Waals surface area contributed by atoms with Gasteiger partial charge in [0.15, 0.2) is 0 Å². The van der Waals surface area contributed by atoms with Gasteiger partial charge in [-0.2, -0.15) is 0 Å². The van der Waals surface area contributed by atoms with Gasteiger partial charge in [0.05, 0.1) is 0 Å². The standard InChI is InChI=1S/C14H18BrCl3/c1-10(2)6-14(8-16,9-17)7-11-3-4-12(15)5-13(11)18/h3-5,10H,6-9H2,1-2H3. The summed E-state index contributed by atoms with van der Waals surface area (Å²) in [7, 11) is 0. The van der Waals surface area contributed by atoms with Gasteiger partial charge in [0.2, 0.25) is 0 Å². The summed E-state index contributed by atoms with van der Waals surface area (Å²) in [6, 6.07) is 5.96. The summed E-state index contributed by atoms with van der Waals surface area (Å²) in [6.07, 6.45) is 1.83. The van der Waals surface area contributed by atoms with Crippen molar-refractivity contribution >= 4 is 50.7 Å². The molecule has 0 bridgehead atoms. The number of rotatable bonds is 6. The Balaban J connectivity index is 2.95. The fourth-order valence-corrected chi connectivity index (χ4v) is 3.68. The van der Waals surface area contributed by atoms with Crippen LogP contribution in [0.5, 0.6) is 0 Å². The summed E-state index contributed by atoms with van der Waals surface area (Å²) in [5.74, 6) is 1.68. The third-order valence-corrected chi connectivity index (χ3v) is 4.97. The molecule has 1 rings (SSSR count). The van der Waals surface area contributed by atoms with Gasteiger partial charge in [0, 0.05) is 26.7 Å². The van der Waals surface area contributed by atoms with Gasteiger partial charge in [0.1, 0.15) is 0 Å². The van der Waals surface area contributed by atoms with Crippen molar-refractivity contribution in [2.24, 2.45) is 11.3 Å². The number of benzene rings is 1. The van der Waals surface area contributed by atoms with Crippen LogP contribution in [0.1, 0.15) is 25.8 Å². The van der Waals surface area contributed by atoms with Gasteiger partial charge in [-0.25, -0.2) is 0 Å². The van der Waals surface area contributed by atoms with Crippen molar-refractivity contribution in [3.05, 3.63) is 33.3 Å². The monoisotopic (exact) mass is 370 g/mol. The largest absolute Gasteiger partial charge is 0.126 e. The molecule has 0 aliphatic heterocycles. The Bertz CT molecular complexity index is 387. The Morgan fingerprint density at radius 1 is 1.22 bits per heavy atom. The molecule has 102 valence electrons. The minimum atomic E-state index is -0.0747. The molecule has 0 saturated carbocycles. The lowest BCUT2D eigenvalue weighted by molar-refractivity contribution is 0.295. The molecule has 0 aliphatic rings. The van der Waals surface area contributed by atoms with Gasteiger partial charge >= 0.3 is 0 Å². The molecule has 0 N–H and O–H groups in total. The Labute approximate surface area is 133 Å². The molecule has 1 aromatic rings. The van der Waals surface area contributed by atoms with Crippen LogP contribution < -0.4 is 0 Å². The highest BCUT2D eigenvalue weighted by atomic mass is 79.9. The summed E-state index contributed by atoms with van der Waals surface area (Å²) in [5.41, 5.74) is 1.04. The van der Waals surface area contributed by atoms with Crippen molar-refractivity contribution in [1.82, 2.24) is 0 Å². The number of hydrogen-bond donors (Lipinski definition) is 0. The minimum Gasteiger partial charge on any atom is -0.126 e. The lowest BCUT2D eigenvalue weighted by Gasteiger charge is -2.32. The molecule has 0 heterocycles. The average Bonchev–Trinajstić information content (AvgIpc) is 2.31. The first-order valence-corrected chi connectivity index (χ1v) is 8.22. The lowest BCUT2D eigenvalue weighted by atomic mass is 9.78. The molecule has 0 amide bonds. The highest BCUT2D eigenvalue weighted by molar-refractivity contribution is 9.10. The quantitative estimate of drug-likeness (QED) is 0.525. The maximum absolute atomic E-state index is 6.27. The molecule has 0 fully saturated rings. The van der Waals surface area contributed by atoms with E-state index in [1.807, 2.05) is 18.2 Å². The fourth-order valence-electron chi connectivity index (χ4n) is 2.25. The topological polar surface area (TPSA) is 0 Å². The van der Waals surface area contributed by atoms with Gasteiger partial charge in [-0.1, -0.05) is 47.4 Å². The van der Waals surface area contributed by atoms with Crippen molar-refractivity contribution in [3.63, 3.8) is 0 Å². The van der Waals surface area contributed by atoms with Crippen LogP contribution >= 0.6 is 50.7 Å². The molecule has 1 aromatic carbocycles. The lowest BCUT2D eigenvalue weighted by Crippen LogP contribution is -2.30. The van der Waals surface area contributed by atoms with Gasteiger partial charge in [-0.05, 0) is 36.5 Å². The fraction of sp³-hybridized carbons (Fsp3) is 0.571. The van der Waals surface area contributed by atoms with Crippen LogP contribution in [-0.2, 0) is 6.42 Å². The predicted octanol–water partition coefficient (Wildman–Crippen LogP) is 6.16. The molecule has 0 saturated heterocycles. The van der Waals surface area contributed by atoms with Gasteiger partial charge in [0.25, 0.3) is 0 Å². The first-order valence-electron chi connectivity index (χ1n) is 5.98. The van der Waals surface area contributed by atoms with E-state index >= 15 is 0 Å². The summed E-state index contributed by atoms with van der Waals surface area (Å²) >= 11 is 22.0. The van der Waals surface area contributed by atoms with E-state index in [0.717, 1.165) is 27.9 Å². The number of halogens is 4. The molecule has 0 aliphatic carbocycles. The van der Waals surface area contributed by atoms with E-state index in [4.69, 9.17) is 34.8 Å². The van der Waals surface area contributed by atoms with Gasteiger partial charge in [-0.15, -0.1) is 23.2 Å². The second kappa shape index (κ2) is 7.38. The number of hydrogen-bond acceptors (Lipinski definition) is 0. The summed E-state index contributed by atoms with van der Waals surface area (Å²) < 4.78 is 0.988. The molecule has 4 heteroatoms. The Kier molecular flexibility index (Phi) is 6.81. The Morgan fingerprint density at radius 2 is 1.83 bits per heavy atom. The van der Waals surface area contributed by atoms with Gasteiger partial charge in [-0.3, -0.25) is 0 Å². The molecule has 0 radical (unpaired) electrons. The molecule has 0 unspecified atom stereocenters. The van der Waals surface area contributed by atoms with Crippen LogP contribution in [0.3, 0.4) is 0 Å². The van der Waals surface area contributed by atoms with Crippen LogP contribution in [0.4, 0.5) is 0 Å². The summed E-state index contributed by atoms with van der Waals surface area (Å²) in [4.78, 5) is 0. The summed E-state index contributed by atoms with van der Waals surface area (Å²) in [5, 5.41) is 0.771. The minimum absolute atomic E-state index is 0.0747. The highest BCUT2D eigenvalue weighted by Gasteiger charge is 2.30. The second-order valence-electron chi connectivity index (χ2n) is 5.28. The molecule has 0 atom stereocenters. The van der Waals surface area contributed by atoms with Crippen molar-refractivity contribution in [2.75, 3.05) is 11.8 Å². The molecule has 0 spiro atoms. The molecule has 18 heavy (non-hydrogen) atoms. The first-order chi connectivity index (χ1) is 8.42. The Morgan fingerprint density at radius 3 is 2.28 bits per heavy atom. The van der Waals surface area contributed by atoms with E-state index in [-0.39, 0.29) is 5.41 Å². The van der Waals surface area contributed by atoms with Crippen molar-refractivity contribution in [2.45, 2.75) is 26.7 Å². The van der Waals surface area contributed by atoms with Crippen molar-refractivity contribution in [1.29, 1.82) is 0 Å². The van der Waals surface area contributed by atoms with E-state index in [0.29, 0.717) is 17.7 Å². The van der Waals surface area contributed by atoms with Crippen LogP contribution in [0.15, 0.2) is 22.7 Å². The first kappa shape index (κ1) is 16.6. The molecule has 0 nitrogen and oxygen atoms in total. The van der Waals surface area contributed by atoms with Crippen LogP contribution in [0.25, 0.3) is 0 Å². The Hall–Kier alpha value is 0.570. The maximum Gasteiger partial charge on any atom is 0.0449 e. The van der Waals surface area contributed by atoms with Crippen LogP contribution in [0.2, 0.25) is 5.02 Å². The molecular formula is C14H18BrCl3. The van der Waals surface area contributed by atoms with Crippen molar-refractivity contribution < 1.29 is 0 Å².